The Labute approximate surface area is 151 Å². The van der Waals surface area contributed by atoms with Crippen molar-refractivity contribution in [2.45, 2.75) is 6.92 Å². The lowest BCUT2D eigenvalue weighted by atomic mass is 10.2. The Kier molecular flexibility index (Phi) is 5.09. The number of hydrogen-bond acceptors (Lipinski definition) is 5. The van der Waals surface area contributed by atoms with Crippen molar-refractivity contribution in [1.29, 1.82) is 0 Å². The molecule has 0 unspecified atom stereocenters. The molecule has 1 aromatic carbocycles. The number of methoxy groups -OCH3 is 2. The highest BCUT2D eigenvalue weighted by molar-refractivity contribution is 6.30. The van der Waals surface area contributed by atoms with Crippen LogP contribution in [0.1, 0.15) is 6.92 Å². The van der Waals surface area contributed by atoms with Gasteiger partial charge in [-0.25, -0.2) is 9.97 Å². The molecule has 0 bridgehead atoms. The van der Waals surface area contributed by atoms with E-state index >= 15 is 0 Å². The van der Waals surface area contributed by atoms with Crippen LogP contribution in [0.25, 0.3) is 17.2 Å². The minimum Gasteiger partial charge on any atom is -0.494 e. The van der Waals surface area contributed by atoms with Gasteiger partial charge in [-0.1, -0.05) is 23.7 Å². The maximum Gasteiger partial charge on any atom is 0.213 e. The average molecular weight is 360 g/mol. The second-order valence-electron chi connectivity index (χ2n) is 5.05. The van der Waals surface area contributed by atoms with Gasteiger partial charge in [0.1, 0.15) is 28.0 Å². The van der Waals surface area contributed by atoms with E-state index in [1.54, 1.807) is 31.0 Å². The highest BCUT2D eigenvalue weighted by Crippen LogP contribution is 2.37. The van der Waals surface area contributed by atoms with Crippen LogP contribution in [0.5, 0.6) is 17.4 Å². The molecule has 0 spiro atoms. The number of nitrogens with zero attached hydrogens (tertiary/aromatic N) is 3. The van der Waals surface area contributed by atoms with Gasteiger partial charge in [0.2, 0.25) is 5.88 Å². The summed E-state index contributed by atoms with van der Waals surface area (Å²) in [5.74, 6) is 2.31. The van der Waals surface area contributed by atoms with Crippen molar-refractivity contribution in [3.63, 3.8) is 0 Å². The van der Waals surface area contributed by atoms with E-state index in [0.717, 1.165) is 0 Å². The third-order valence-electron chi connectivity index (χ3n) is 3.59. The molecular weight excluding hydrogens is 342 g/mol. The van der Waals surface area contributed by atoms with Crippen LogP contribution in [0.15, 0.2) is 42.6 Å². The van der Waals surface area contributed by atoms with E-state index in [-0.39, 0.29) is 0 Å². The van der Waals surface area contributed by atoms with Crippen LogP contribution in [0.3, 0.4) is 0 Å². The van der Waals surface area contributed by atoms with Gasteiger partial charge in [-0.3, -0.25) is 4.57 Å². The van der Waals surface area contributed by atoms with Crippen molar-refractivity contribution in [1.82, 2.24) is 14.5 Å². The van der Waals surface area contributed by atoms with Gasteiger partial charge in [0.25, 0.3) is 0 Å². The van der Waals surface area contributed by atoms with Gasteiger partial charge in [-0.2, -0.15) is 0 Å². The minimum atomic E-state index is 0.418. The molecule has 130 valence electrons. The van der Waals surface area contributed by atoms with Crippen molar-refractivity contribution in [3.8, 4) is 34.6 Å². The minimum absolute atomic E-state index is 0.418. The van der Waals surface area contributed by atoms with E-state index in [1.165, 1.54) is 0 Å². The largest absolute Gasteiger partial charge is 0.494 e. The second-order valence-corrected chi connectivity index (χ2v) is 5.43. The number of pyridine rings is 1. The molecule has 0 saturated carbocycles. The molecule has 0 radical (unpaired) electrons. The highest BCUT2D eigenvalue weighted by Gasteiger charge is 2.20. The van der Waals surface area contributed by atoms with Crippen molar-refractivity contribution in [2.24, 2.45) is 0 Å². The molecule has 0 N–H and O–H groups in total. The molecule has 0 saturated heterocycles. The lowest BCUT2D eigenvalue weighted by Gasteiger charge is -2.16. The summed E-state index contributed by atoms with van der Waals surface area (Å²) < 4.78 is 18.2. The molecule has 7 heteroatoms. The molecule has 2 heterocycles. The van der Waals surface area contributed by atoms with E-state index in [0.29, 0.717) is 46.3 Å². The molecule has 3 aromatic rings. The Balaban J connectivity index is 2.21. The van der Waals surface area contributed by atoms with Crippen LogP contribution in [-0.4, -0.2) is 35.4 Å². The first kappa shape index (κ1) is 17.1. The van der Waals surface area contributed by atoms with Gasteiger partial charge >= 0.3 is 0 Å². The summed E-state index contributed by atoms with van der Waals surface area (Å²) in [6.45, 7) is 2.44. The Morgan fingerprint density at radius 2 is 1.72 bits per heavy atom. The van der Waals surface area contributed by atoms with Crippen LogP contribution in [0, 0.1) is 0 Å². The second kappa shape index (κ2) is 7.44. The quantitative estimate of drug-likeness (QED) is 0.665. The van der Waals surface area contributed by atoms with E-state index < -0.39 is 0 Å². The van der Waals surface area contributed by atoms with Crippen molar-refractivity contribution in [2.75, 3.05) is 20.8 Å². The molecule has 0 aliphatic rings. The molecule has 0 amide bonds. The van der Waals surface area contributed by atoms with Crippen LogP contribution in [-0.2, 0) is 0 Å². The Bertz CT molecular complexity index is 858. The van der Waals surface area contributed by atoms with Crippen molar-refractivity contribution >= 4 is 11.6 Å². The van der Waals surface area contributed by atoms with Crippen LogP contribution >= 0.6 is 11.6 Å². The van der Waals surface area contributed by atoms with Gasteiger partial charge in [-0.05, 0) is 25.1 Å². The van der Waals surface area contributed by atoms with Gasteiger partial charge in [0.05, 0.1) is 27.0 Å². The van der Waals surface area contributed by atoms with Crippen LogP contribution in [0.2, 0.25) is 5.15 Å². The SMILES string of the molecule is CCOc1cccc(-c2ncc(Cl)n2-c2c(OC)cccc2OC)n1. The normalized spacial score (nSPS) is 10.6. The zero-order chi connectivity index (χ0) is 17.8. The molecule has 25 heavy (non-hydrogen) atoms. The summed E-state index contributed by atoms with van der Waals surface area (Å²) in [5, 5.41) is 0.418. The molecule has 0 atom stereocenters. The fourth-order valence-electron chi connectivity index (χ4n) is 2.54. The topological polar surface area (TPSA) is 58.4 Å². The number of para-hydroxylation sites is 1. The number of rotatable bonds is 6. The zero-order valence-electron chi connectivity index (χ0n) is 14.2. The Morgan fingerprint density at radius 1 is 1.04 bits per heavy atom. The molecule has 0 aliphatic heterocycles. The fourth-order valence-corrected chi connectivity index (χ4v) is 2.76. The van der Waals surface area contributed by atoms with Gasteiger partial charge in [0.15, 0.2) is 5.82 Å². The molecule has 0 aliphatic carbocycles. The first-order valence-corrected chi connectivity index (χ1v) is 8.12. The summed E-state index contributed by atoms with van der Waals surface area (Å²) in [6, 6.07) is 11.0. The number of ether oxygens (including phenoxy) is 3. The number of hydrogen-bond donors (Lipinski definition) is 0. The third kappa shape index (κ3) is 3.25. The number of halogens is 1. The van der Waals surface area contributed by atoms with Crippen molar-refractivity contribution in [3.05, 3.63) is 47.7 Å². The summed E-state index contributed by atoms with van der Waals surface area (Å²) in [6.07, 6.45) is 1.57. The predicted octanol–water partition coefficient (Wildman–Crippen LogP) is 4.00. The van der Waals surface area contributed by atoms with Crippen molar-refractivity contribution < 1.29 is 14.2 Å². The zero-order valence-corrected chi connectivity index (χ0v) is 14.9. The smallest absolute Gasteiger partial charge is 0.213 e. The lowest BCUT2D eigenvalue weighted by Crippen LogP contribution is -2.04. The Morgan fingerprint density at radius 3 is 2.36 bits per heavy atom. The fraction of sp³-hybridized carbons (Fsp3) is 0.222. The van der Waals surface area contributed by atoms with E-state index in [4.69, 9.17) is 25.8 Å². The summed E-state index contributed by atoms with van der Waals surface area (Å²) in [5.41, 5.74) is 1.29. The first-order valence-electron chi connectivity index (χ1n) is 7.74. The molecular formula is C18H18ClN3O3. The maximum absolute atomic E-state index is 6.42. The van der Waals surface area contributed by atoms with Gasteiger partial charge in [-0.15, -0.1) is 0 Å². The highest BCUT2D eigenvalue weighted by atomic mass is 35.5. The van der Waals surface area contributed by atoms with Crippen LogP contribution in [0.4, 0.5) is 0 Å². The van der Waals surface area contributed by atoms with Crippen LogP contribution < -0.4 is 14.2 Å². The molecule has 3 rings (SSSR count). The Hall–Kier alpha value is -2.73. The van der Waals surface area contributed by atoms with Gasteiger partial charge in [0, 0.05) is 6.07 Å². The maximum atomic E-state index is 6.42. The average Bonchev–Trinajstić information content (AvgIpc) is 3.02. The van der Waals surface area contributed by atoms with E-state index in [9.17, 15) is 0 Å². The molecule has 0 fully saturated rings. The first-order chi connectivity index (χ1) is 12.2. The van der Waals surface area contributed by atoms with E-state index in [2.05, 4.69) is 9.97 Å². The summed E-state index contributed by atoms with van der Waals surface area (Å²) in [7, 11) is 3.19. The number of aromatic nitrogens is 3. The van der Waals surface area contributed by atoms with Gasteiger partial charge < -0.3 is 14.2 Å². The standard InChI is InChI=1S/C18H18ClN3O3/c1-4-25-16-10-5-7-12(21-16)18-20-11-15(19)22(18)17-13(23-2)8-6-9-14(17)24-3/h5-11H,4H2,1-3H3. The summed E-state index contributed by atoms with van der Waals surface area (Å²) in [4.78, 5) is 8.91. The molecule has 2 aromatic heterocycles. The third-order valence-corrected chi connectivity index (χ3v) is 3.86. The lowest BCUT2D eigenvalue weighted by molar-refractivity contribution is 0.327. The molecule has 6 nitrogen and oxygen atoms in total. The summed E-state index contributed by atoms with van der Waals surface area (Å²) >= 11 is 6.42. The number of benzene rings is 1. The number of imidazole rings is 1. The monoisotopic (exact) mass is 359 g/mol. The predicted molar refractivity (Wildman–Crippen MR) is 96.1 cm³/mol. The van der Waals surface area contributed by atoms with E-state index in [1.807, 2.05) is 37.3 Å².